The molecule has 19 heavy (non-hydrogen) atoms. The van der Waals surface area contributed by atoms with Crippen molar-refractivity contribution >= 4 is 23.6 Å². The number of aliphatic hydroxyl groups is 1. The maximum Gasteiger partial charge on any atom is 0.246 e. The van der Waals surface area contributed by atoms with E-state index in [0.717, 1.165) is 24.9 Å². The summed E-state index contributed by atoms with van der Waals surface area (Å²) < 4.78 is 0. The second kappa shape index (κ2) is 6.68. The summed E-state index contributed by atoms with van der Waals surface area (Å²) in [6.45, 7) is 1.54. The fourth-order valence-corrected chi connectivity index (χ4v) is 2.39. The average molecular weight is 281 g/mol. The van der Waals surface area contributed by atoms with Gasteiger partial charge in [0.25, 0.3) is 0 Å². The van der Waals surface area contributed by atoms with Gasteiger partial charge in [0.15, 0.2) is 0 Å². The van der Waals surface area contributed by atoms with E-state index in [4.69, 9.17) is 16.7 Å². The minimum absolute atomic E-state index is 0.0221. The number of aromatic nitrogens is 1. The molecule has 5 heteroatoms. The van der Waals surface area contributed by atoms with Crippen LogP contribution in [0, 0.1) is 5.92 Å². The number of piperidine rings is 1. The fourth-order valence-electron chi connectivity index (χ4n) is 2.21. The Labute approximate surface area is 117 Å². The molecule has 1 saturated heterocycles. The Morgan fingerprint density at radius 1 is 1.63 bits per heavy atom. The van der Waals surface area contributed by atoms with Crippen molar-refractivity contribution in [2.45, 2.75) is 12.8 Å². The van der Waals surface area contributed by atoms with Gasteiger partial charge in [-0.25, -0.2) is 4.98 Å². The van der Waals surface area contributed by atoms with E-state index in [1.807, 2.05) is 0 Å². The monoisotopic (exact) mass is 280 g/mol. The average Bonchev–Trinajstić information content (AvgIpc) is 2.45. The number of rotatable bonds is 3. The number of hydrogen-bond donors (Lipinski definition) is 1. The standard InChI is InChI=1S/C14H17ClN2O2/c15-13-8-11(5-6-16-13)3-4-14(19)17-7-1-2-12(9-17)10-18/h3-6,8,12,18H,1-2,7,9-10H2/b4-3+. The van der Waals surface area contributed by atoms with Crippen molar-refractivity contribution in [1.29, 1.82) is 0 Å². The molecule has 1 aliphatic rings. The molecule has 2 rings (SSSR count). The van der Waals surface area contributed by atoms with Crippen LogP contribution in [-0.4, -0.2) is 40.6 Å². The molecule has 102 valence electrons. The number of amides is 1. The van der Waals surface area contributed by atoms with Crippen molar-refractivity contribution in [3.63, 3.8) is 0 Å². The van der Waals surface area contributed by atoms with Gasteiger partial charge in [-0.3, -0.25) is 4.79 Å². The molecule has 0 radical (unpaired) electrons. The molecule has 0 saturated carbocycles. The first-order valence-corrected chi connectivity index (χ1v) is 6.76. The lowest BCUT2D eigenvalue weighted by Gasteiger charge is -2.31. The lowest BCUT2D eigenvalue weighted by Crippen LogP contribution is -2.40. The summed E-state index contributed by atoms with van der Waals surface area (Å²) >= 11 is 5.78. The zero-order valence-corrected chi connectivity index (χ0v) is 11.4. The van der Waals surface area contributed by atoms with E-state index in [2.05, 4.69) is 4.98 Å². The Hall–Kier alpha value is -1.39. The van der Waals surface area contributed by atoms with Crippen molar-refractivity contribution in [2.24, 2.45) is 5.92 Å². The van der Waals surface area contributed by atoms with Gasteiger partial charge in [-0.1, -0.05) is 11.6 Å². The maximum absolute atomic E-state index is 12.0. The Kier molecular flexibility index (Phi) is 4.93. The lowest BCUT2D eigenvalue weighted by atomic mass is 9.99. The van der Waals surface area contributed by atoms with Crippen LogP contribution in [0.1, 0.15) is 18.4 Å². The zero-order chi connectivity index (χ0) is 13.7. The molecule has 1 atom stereocenters. The summed E-state index contributed by atoms with van der Waals surface area (Å²) in [6, 6.07) is 3.50. The van der Waals surface area contributed by atoms with Gasteiger partial charge in [0.1, 0.15) is 5.15 Å². The molecular formula is C14H17ClN2O2. The largest absolute Gasteiger partial charge is 0.396 e. The maximum atomic E-state index is 12.0. The van der Waals surface area contributed by atoms with Crippen LogP contribution in [0.3, 0.4) is 0 Å². The highest BCUT2D eigenvalue weighted by molar-refractivity contribution is 6.29. The summed E-state index contributed by atoms with van der Waals surface area (Å²) in [5.74, 6) is 0.188. The van der Waals surface area contributed by atoms with E-state index in [1.165, 1.54) is 0 Å². The van der Waals surface area contributed by atoms with Gasteiger partial charge < -0.3 is 10.0 Å². The van der Waals surface area contributed by atoms with Gasteiger partial charge in [0, 0.05) is 32.0 Å². The van der Waals surface area contributed by atoms with E-state index >= 15 is 0 Å². The summed E-state index contributed by atoms with van der Waals surface area (Å²) in [5.41, 5.74) is 0.851. The molecule has 1 unspecified atom stereocenters. The zero-order valence-electron chi connectivity index (χ0n) is 10.6. The molecule has 1 fully saturated rings. The first-order chi connectivity index (χ1) is 9.19. The van der Waals surface area contributed by atoms with E-state index in [-0.39, 0.29) is 18.4 Å². The van der Waals surface area contributed by atoms with Crippen LogP contribution in [0.15, 0.2) is 24.4 Å². The molecule has 1 N–H and O–H groups in total. The Balaban J connectivity index is 1.96. The predicted molar refractivity (Wildman–Crippen MR) is 74.7 cm³/mol. The highest BCUT2D eigenvalue weighted by Crippen LogP contribution is 2.16. The highest BCUT2D eigenvalue weighted by Gasteiger charge is 2.21. The minimum Gasteiger partial charge on any atom is -0.396 e. The third-order valence-electron chi connectivity index (χ3n) is 3.26. The topological polar surface area (TPSA) is 53.4 Å². The molecular weight excluding hydrogens is 264 g/mol. The molecule has 0 bridgehead atoms. The van der Waals surface area contributed by atoms with Gasteiger partial charge in [-0.05, 0) is 42.5 Å². The van der Waals surface area contributed by atoms with E-state index in [0.29, 0.717) is 11.7 Å². The van der Waals surface area contributed by atoms with Crippen LogP contribution in [-0.2, 0) is 4.79 Å². The van der Waals surface area contributed by atoms with Crippen LogP contribution in [0.5, 0.6) is 0 Å². The number of aliphatic hydroxyl groups excluding tert-OH is 1. The van der Waals surface area contributed by atoms with Gasteiger partial charge in [-0.15, -0.1) is 0 Å². The number of pyridine rings is 1. The van der Waals surface area contributed by atoms with Crippen LogP contribution in [0.2, 0.25) is 5.15 Å². The Morgan fingerprint density at radius 2 is 2.47 bits per heavy atom. The third-order valence-corrected chi connectivity index (χ3v) is 3.46. The van der Waals surface area contributed by atoms with Gasteiger partial charge in [0.05, 0.1) is 0 Å². The Bertz CT molecular complexity index is 476. The molecule has 1 amide bonds. The number of hydrogen-bond acceptors (Lipinski definition) is 3. The summed E-state index contributed by atoms with van der Waals surface area (Å²) in [5, 5.41) is 9.56. The van der Waals surface area contributed by atoms with Crippen molar-refractivity contribution in [3.05, 3.63) is 35.1 Å². The molecule has 1 aromatic heterocycles. The number of carbonyl (C=O) groups is 1. The molecule has 1 aliphatic heterocycles. The van der Waals surface area contributed by atoms with E-state index in [9.17, 15) is 4.79 Å². The fraction of sp³-hybridized carbons (Fsp3) is 0.429. The van der Waals surface area contributed by atoms with Crippen molar-refractivity contribution in [1.82, 2.24) is 9.88 Å². The predicted octanol–water partition coefficient (Wildman–Crippen LogP) is 1.98. The van der Waals surface area contributed by atoms with Crippen molar-refractivity contribution < 1.29 is 9.90 Å². The number of halogens is 1. The van der Waals surface area contributed by atoms with E-state index in [1.54, 1.807) is 35.4 Å². The molecule has 4 nitrogen and oxygen atoms in total. The molecule has 0 aromatic carbocycles. The highest BCUT2D eigenvalue weighted by atomic mass is 35.5. The quantitative estimate of drug-likeness (QED) is 0.680. The second-order valence-corrected chi connectivity index (χ2v) is 5.11. The van der Waals surface area contributed by atoms with Crippen LogP contribution >= 0.6 is 11.6 Å². The SMILES string of the molecule is O=C(/C=C/c1ccnc(Cl)c1)N1CCCC(CO)C1. The van der Waals surface area contributed by atoms with Crippen LogP contribution in [0.25, 0.3) is 6.08 Å². The van der Waals surface area contributed by atoms with Crippen molar-refractivity contribution in [2.75, 3.05) is 19.7 Å². The summed E-state index contributed by atoms with van der Waals surface area (Å²) in [6.07, 6.45) is 6.83. The smallest absolute Gasteiger partial charge is 0.246 e. The molecule has 0 spiro atoms. The number of carbonyl (C=O) groups excluding carboxylic acids is 1. The molecule has 1 aromatic rings. The third kappa shape index (κ3) is 4.04. The molecule has 2 heterocycles. The number of likely N-dealkylation sites (tertiary alicyclic amines) is 1. The normalized spacial score (nSPS) is 19.9. The van der Waals surface area contributed by atoms with E-state index < -0.39 is 0 Å². The van der Waals surface area contributed by atoms with Crippen molar-refractivity contribution in [3.8, 4) is 0 Å². The minimum atomic E-state index is -0.0221. The van der Waals surface area contributed by atoms with Gasteiger partial charge >= 0.3 is 0 Å². The summed E-state index contributed by atoms with van der Waals surface area (Å²) in [7, 11) is 0. The first-order valence-electron chi connectivity index (χ1n) is 6.38. The second-order valence-electron chi connectivity index (χ2n) is 4.72. The van der Waals surface area contributed by atoms with Crippen LogP contribution in [0.4, 0.5) is 0 Å². The first kappa shape index (κ1) is 14.0. The number of nitrogens with zero attached hydrogens (tertiary/aromatic N) is 2. The summed E-state index contributed by atoms with van der Waals surface area (Å²) in [4.78, 5) is 17.7. The van der Waals surface area contributed by atoms with Crippen LogP contribution < -0.4 is 0 Å². The van der Waals surface area contributed by atoms with Gasteiger partial charge in [-0.2, -0.15) is 0 Å². The molecule has 0 aliphatic carbocycles. The Morgan fingerprint density at radius 3 is 3.21 bits per heavy atom. The lowest BCUT2D eigenvalue weighted by molar-refractivity contribution is -0.127. The van der Waals surface area contributed by atoms with Gasteiger partial charge in [0.2, 0.25) is 5.91 Å².